The Morgan fingerprint density at radius 2 is 1.69 bits per heavy atom. The molecule has 13 heavy (non-hydrogen) atoms. The lowest BCUT2D eigenvalue weighted by atomic mass is 10.2. The van der Waals surface area contributed by atoms with Crippen molar-refractivity contribution in [2.75, 3.05) is 25.1 Å². The molecule has 0 spiro atoms. The maximum atomic E-state index is 11.2. The normalized spacial score (nSPS) is 10.4. The van der Waals surface area contributed by atoms with Crippen LogP contribution >= 0.6 is 0 Å². The molecule has 72 valence electrons. The van der Waals surface area contributed by atoms with Gasteiger partial charge >= 0.3 is 0 Å². The Balaban J connectivity index is 3.08. The summed E-state index contributed by atoms with van der Waals surface area (Å²) in [5.74, 6) is 0.203. The summed E-state index contributed by atoms with van der Waals surface area (Å²) in [6, 6.07) is 0. The zero-order valence-electron chi connectivity index (χ0n) is 8.09. The Hall–Kier alpha value is -1.32. The van der Waals surface area contributed by atoms with Gasteiger partial charge in [0.15, 0.2) is 5.75 Å². The van der Waals surface area contributed by atoms with Gasteiger partial charge in [-0.15, -0.1) is 0 Å². The predicted octanol–water partition coefficient (Wildman–Crippen LogP) is 0.137. The maximum absolute atomic E-state index is 11.2. The second kappa shape index (κ2) is 3.60. The molecular weight excluding hydrogens is 170 g/mol. The number of rotatable bonds is 4. The third-order valence-electron chi connectivity index (χ3n) is 2.13. The molecule has 0 aliphatic carbocycles. The molecule has 1 rings (SSSR count). The van der Waals surface area contributed by atoms with Crippen LogP contribution in [0.15, 0.2) is 9.59 Å². The van der Waals surface area contributed by atoms with Crippen LogP contribution in [0.4, 0.5) is 5.69 Å². The molecule has 0 fully saturated rings. The van der Waals surface area contributed by atoms with Crippen molar-refractivity contribution in [2.24, 2.45) is 0 Å². The van der Waals surface area contributed by atoms with E-state index in [1.54, 1.807) is 0 Å². The molecule has 0 amide bonds. The monoisotopic (exact) mass is 183 g/mol. The zero-order chi connectivity index (χ0) is 10.0. The second-order valence-corrected chi connectivity index (χ2v) is 2.71. The third-order valence-corrected chi connectivity index (χ3v) is 2.13. The Morgan fingerprint density at radius 3 is 2.08 bits per heavy atom. The van der Waals surface area contributed by atoms with E-state index in [9.17, 15) is 9.59 Å². The second-order valence-electron chi connectivity index (χ2n) is 2.71. The standard InChI is InChI=1S/C9H13NO3/c1-4-10(5-2)6-7(11)8(12)9(6)13-3/h4-5H2,1-3H3. The van der Waals surface area contributed by atoms with Crippen molar-refractivity contribution in [3.05, 3.63) is 20.4 Å². The number of anilines is 1. The summed E-state index contributed by atoms with van der Waals surface area (Å²) < 4.78 is 4.83. The Labute approximate surface area is 76.4 Å². The van der Waals surface area contributed by atoms with E-state index in [2.05, 4.69) is 0 Å². The first-order valence-corrected chi connectivity index (χ1v) is 4.29. The predicted molar refractivity (Wildman–Crippen MR) is 51.5 cm³/mol. The molecule has 0 atom stereocenters. The fourth-order valence-electron chi connectivity index (χ4n) is 1.38. The Bertz CT molecular complexity index is 359. The first-order chi connectivity index (χ1) is 6.17. The van der Waals surface area contributed by atoms with E-state index in [0.717, 1.165) is 0 Å². The summed E-state index contributed by atoms with van der Waals surface area (Å²) in [7, 11) is 1.41. The van der Waals surface area contributed by atoms with Gasteiger partial charge in [-0.25, -0.2) is 0 Å². The first-order valence-electron chi connectivity index (χ1n) is 4.29. The van der Waals surface area contributed by atoms with Crippen LogP contribution in [0.1, 0.15) is 13.8 Å². The highest BCUT2D eigenvalue weighted by atomic mass is 16.5. The first kappa shape index (κ1) is 9.77. The van der Waals surface area contributed by atoms with Gasteiger partial charge in [0.1, 0.15) is 5.69 Å². The molecule has 0 unspecified atom stereocenters. The average molecular weight is 183 g/mol. The van der Waals surface area contributed by atoms with E-state index in [1.807, 2.05) is 18.7 Å². The van der Waals surface area contributed by atoms with Crippen LogP contribution in [0.3, 0.4) is 0 Å². The average Bonchev–Trinajstić information content (AvgIpc) is 2.17. The van der Waals surface area contributed by atoms with Gasteiger partial charge in [-0.3, -0.25) is 9.59 Å². The summed E-state index contributed by atoms with van der Waals surface area (Å²) in [6.45, 7) is 5.27. The van der Waals surface area contributed by atoms with Crippen LogP contribution in [0.5, 0.6) is 5.75 Å². The van der Waals surface area contributed by atoms with E-state index in [1.165, 1.54) is 7.11 Å². The van der Waals surface area contributed by atoms with Crippen molar-refractivity contribution in [1.82, 2.24) is 0 Å². The van der Waals surface area contributed by atoms with Crippen LogP contribution in [0.2, 0.25) is 0 Å². The number of hydrogen-bond acceptors (Lipinski definition) is 4. The molecule has 4 heteroatoms. The minimum Gasteiger partial charge on any atom is -0.491 e. The minimum atomic E-state index is -0.510. The van der Waals surface area contributed by atoms with Crippen molar-refractivity contribution in [3.63, 3.8) is 0 Å². The number of ether oxygens (including phenoxy) is 1. The van der Waals surface area contributed by atoms with E-state index in [0.29, 0.717) is 18.8 Å². The van der Waals surface area contributed by atoms with Gasteiger partial charge < -0.3 is 9.64 Å². The smallest absolute Gasteiger partial charge is 0.272 e. The van der Waals surface area contributed by atoms with Gasteiger partial charge in [-0.1, -0.05) is 0 Å². The highest BCUT2D eigenvalue weighted by molar-refractivity contribution is 5.63. The van der Waals surface area contributed by atoms with E-state index in [4.69, 9.17) is 4.74 Å². The molecule has 0 saturated heterocycles. The highest BCUT2D eigenvalue weighted by Crippen LogP contribution is 2.21. The number of methoxy groups -OCH3 is 1. The van der Waals surface area contributed by atoms with E-state index in [-0.39, 0.29) is 5.75 Å². The van der Waals surface area contributed by atoms with E-state index >= 15 is 0 Å². The van der Waals surface area contributed by atoms with Gasteiger partial charge in [0.05, 0.1) is 7.11 Å². The molecule has 0 N–H and O–H groups in total. The maximum Gasteiger partial charge on any atom is 0.272 e. The molecule has 0 heterocycles. The summed E-state index contributed by atoms with van der Waals surface area (Å²) in [5.41, 5.74) is -0.512. The Kier molecular flexibility index (Phi) is 2.70. The van der Waals surface area contributed by atoms with Crippen LogP contribution in [0, 0.1) is 0 Å². The SMILES string of the molecule is CCN(CC)c1c(OC)c(=O)c1=O. The van der Waals surface area contributed by atoms with Gasteiger partial charge in [-0.2, -0.15) is 0 Å². The number of hydrogen-bond donors (Lipinski definition) is 0. The van der Waals surface area contributed by atoms with Crippen molar-refractivity contribution in [2.45, 2.75) is 13.8 Å². The lowest BCUT2D eigenvalue weighted by Gasteiger charge is -2.23. The molecule has 0 aliphatic rings. The molecule has 4 nitrogen and oxygen atoms in total. The Morgan fingerprint density at radius 1 is 1.15 bits per heavy atom. The van der Waals surface area contributed by atoms with Crippen LogP contribution in [-0.2, 0) is 0 Å². The fraction of sp³-hybridized carbons (Fsp3) is 0.556. The van der Waals surface area contributed by atoms with Gasteiger partial charge in [0, 0.05) is 13.1 Å². The fourth-order valence-corrected chi connectivity index (χ4v) is 1.38. The lowest BCUT2D eigenvalue weighted by Crippen LogP contribution is -2.41. The molecule has 0 aromatic heterocycles. The third kappa shape index (κ3) is 1.32. The largest absolute Gasteiger partial charge is 0.491 e. The topological polar surface area (TPSA) is 46.6 Å². The van der Waals surface area contributed by atoms with Crippen molar-refractivity contribution < 1.29 is 4.74 Å². The van der Waals surface area contributed by atoms with Crippen LogP contribution in [-0.4, -0.2) is 20.2 Å². The number of nitrogens with zero attached hydrogens (tertiary/aromatic N) is 1. The van der Waals surface area contributed by atoms with Gasteiger partial charge in [-0.05, 0) is 13.8 Å². The molecule has 0 saturated carbocycles. The molecule has 1 aromatic rings. The molecule has 1 aromatic carbocycles. The lowest BCUT2D eigenvalue weighted by molar-refractivity contribution is 0.405. The summed E-state index contributed by atoms with van der Waals surface area (Å²) in [4.78, 5) is 24.0. The quantitative estimate of drug-likeness (QED) is 0.623. The highest BCUT2D eigenvalue weighted by Gasteiger charge is 2.24. The summed E-state index contributed by atoms with van der Waals surface area (Å²) in [5, 5.41) is 0. The van der Waals surface area contributed by atoms with Crippen molar-refractivity contribution in [3.8, 4) is 5.75 Å². The molecule has 0 bridgehead atoms. The molecule has 0 aliphatic heterocycles. The summed E-state index contributed by atoms with van der Waals surface area (Å²) >= 11 is 0. The zero-order valence-corrected chi connectivity index (χ0v) is 8.09. The van der Waals surface area contributed by atoms with Crippen molar-refractivity contribution >= 4 is 5.69 Å². The van der Waals surface area contributed by atoms with Crippen LogP contribution < -0.4 is 20.5 Å². The molecule has 0 radical (unpaired) electrons. The summed E-state index contributed by atoms with van der Waals surface area (Å²) in [6.07, 6.45) is 0. The minimum absolute atomic E-state index is 0.203. The van der Waals surface area contributed by atoms with Gasteiger partial charge in [0.2, 0.25) is 0 Å². The van der Waals surface area contributed by atoms with Crippen LogP contribution in [0.25, 0.3) is 0 Å². The van der Waals surface area contributed by atoms with Gasteiger partial charge in [0.25, 0.3) is 10.9 Å². The molecular formula is C9H13NO3. The van der Waals surface area contributed by atoms with E-state index < -0.39 is 10.9 Å². The van der Waals surface area contributed by atoms with Crippen molar-refractivity contribution in [1.29, 1.82) is 0 Å².